The van der Waals surface area contributed by atoms with Crippen molar-refractivity contribution in [3.8, 4) is 11.5 Å². The van der Waals surface area contributed by atoms with Crippen molar-refractivity contribution in [2.24, 2.45) is 32.9 Å². The van der Waals surface area contributed by atoms with E-state index >= 15 is 0 Å². The second-order valence-corrected chi connectivity index (χ2v) is 4.47. The Balaban J connectivity index is -0.00000144. The first kappa shape index (κ1) is 28.9. The van der Waals surface area contributed by atoms with Crippen LogP contribution in [-0.2, 0) is 0 Å². The largest absolute Gasteiger partial charge is 0.458 e. The lowest BCUT2D eigenvalue weighted by Gasteiger charge is -2.08. The van der Waals surface area contributed by atoms with Gasteiger partial charge in [-0.1, -0.05) is 14.9 Å². The molecule has 0 aliphatic carbocycles. The number of nitrogens with zero attached hydrogens (tertiary/aromatic N) is 2. The van der Waals surface area contributed by atoms with Crippen molar-refractivity contribution in [2.45, 2.75) is 14.9 Å². The quantitative estimate of drug-likeness (QED) is 0.321. The average molecular weight is 419 g/mol. The summed E-state index contributed by atoms with van der Waals surface area (Å²) in [6.07, 6.45) is 0. The van der Waals surface area contributed by atoms with Gasteiger partial charge in [-0.25, -0.2) is 9.98 Å². The molecule has 0 saturated carbocycles. The molecule has 8 N–H and O–H groups in total. The molecule has 0 bridgehead atoms. The van der Waals surface area contributed by atoms with Crippen LogP contribution < -0.4 is 32.4 Å². The Morgan fingerprint density at radius 2 is 0.926 bits per heavy atom. The van der Waals surface area contributed by atoms with Gasteiger partial charge in [-0.2, -0.15) is 0 Å². The van der Waals surface area contributed by atoms with Crippen LogP contribution in [0.1, 0.15) is 14.9 Å². The number of hydrogen-bond acceptors (Lipinski definition) is 4. The van der Waals surface area contributed by atoms with Crippen molar-refractivity contribution in [2.75, 3.05) is 6.79 Å². The number of ether oxygens (including phenoxy) is 2. The Hall–Kier alpha value is -2.84. The summed E-state index contributed by atoms with van der Waals surface area (Å²) < 4.78 is 10.9. The van der Waals surface area contributed by atoms with Crippen molar-refractivity contribution in [3.05, 3.63) is 48.5 Å². The van der Waals surface area contributed by atoms with E-state index in [9.17, 15) is 0 Å². The summed E-state index contributed by atoms with van der Waals surface area (Å²) in [6.45, 7) is 0.0588. The van der Waals surface area contributed by atoms with Gasteiger partial charge in [-0.3, -0.25) is 0 Å². The number of guanidine groups is 2. The minimum Gasteiger partial charge on any atom is -0.458 e. The number of aliphatic imine (C=N–C) groups is 2. The van der Waals surface area contributed by atoms with Gasteiger partial charge in [0.25, 0.3) is 0 Å². The van der Waals surface area contributed by atoms with E-state index in [0.717, 1.165) is 0 Å². The van der Waals surface area contributed by atoms with Crippen LogP contribution in [0.4, 0.5) is 11.4 Å². The molecule has 0 heterocycles. The second kappa shape index (κ2) is 14.3. The fourth-order valence-electron chi connectivity index (χ4n) is 1.70. The molecule has 152 valence electrons. The van der Waals surface area contributed by atoms with Crippen molar-refractivity contribution in [1.82, 2.24) is 0 Å². The molecule has 10 heteroatoms. The van der Waals surface area contributed by atoms with Crippen LogP contribution in [0.3, 0.4) is 0 Å². The Morgan fingerprint density at radius 1 is 0.630 bits per heavy atom. The van der Waals surface area contributed by atoms with E-state index < -0.39 is 0 Å². The van der Waals surface area contributed by atoms with Gasteiger partial charge in [0, 0.05) is 0 Å². The first-order chi connectivity index (χ1) is 11.0. The molecular weight excluding hydrogens is 391 g/mol. The summed E-state index contributed by atoms with van der Waals surface area (Å²) in [5, 5.41) is 0. The Morgan fingerprint density at radius 3 is 1.19 bits per heavy atom. The summed E-state index contributed by atoms with van der Waals surface area (Å²) in [4.78, 5) is 7.83. The zero-order chi connectivity index (χ0) is 16.7. The summed E-state index contributed by atoms with van der Waals surface area (Å²) in [7, 11) is 0. The first-order valence-corrected chi connectivity index (χ1v) is 6.68. The van der Waals surface area contributed by atoms with E-state index in [2.05, 4.69) is 9.98 Å². The van der Waals surface area contributed by atoms with Gasteiger partial charge < -0.3 is 32.4 Å². The number of halogens is 2. The van der Waals surface area contributed by atoms with Crippen molar-refractivity contribution < 1.29 is 9.47 Å². The fourth-order valence-corrected chi connectivity index (χ4v) is 1.70. The maximum Gasteiger partial charge on any atom is 0.230 e. The Bertz CT molecular complexity index is 637. The highest BCUT2D eigenvalue weighted by Crippen LogP contribution is 2.20. The van der Waals surface area contributed by atoms with Crippen LogP contribution >= 0.6 is 24.8 Å². The van der Waals surface area contributed by atoms with Crippen LogP contribution in [0.2, 0.25) is 0 Å². The number of benzene rings is 2. The lowest BCUT2D eigenvalue weighted by atomic mass is 10.3. The molecule has 0 fully saturated rings. The molecule has 2 aromatic rings. The molecule has 0 radical (unpaired) electrons. The third-order valence-corrected chi connectivity index (χ3v) is 2.64. The molecule has 0 aliphatic heterocycles. The van der Waals surface area contributed by atoms with Crippen molar-refractivity contribution in [1.29, 1.82) is 0 Å². The highest BCUT2D eigenvalue weighted by molar-refractivity contribution is 5.85. The molecule has 0 aliphatic rings. The van der Waals surface area contributed by atoms with E-state index in [4.69, 9.17) is 32.4 Å². The van der Waals surface area contributed by atoms with E-state index in [-0.39, 0.29) is 58.4 Å². The molecule has 0 aromatic heterocycles. The third-order valence-electron chi connectivity index (χ3n) is 2.64. The van der Waals surface area contributed by atoms with Crippen molar-refractivity contribution in [3.63, 3.8) is 0 Å². The SMILES string of the molecule is C.C.Cl.Cl.NC(N)=Nc1ccc(OCOc2ccc(N=C(N)N)cc2)cc1. The highest BCUT2D eigenvalue weighted by Gasteiger charge is 1.98. The maximum absolute atomic E-state index is 5.46. The monoisotopic (exact) mass is 418 g/mol. The predicted octanol–water partition coefficient (Wildman–Crippen LogP) is 3.03. The normalized spacial score (nSPS) is 8.30. The zero-order valence-corrected chi connectivity index (χ0v) is 14.8. The molecule has 0 amide bonds. The standard InChI is InChI=1S/C15H18N6O2.2CH4.2ClH/c16-14(17)20-10-1-5-12(6-2-10)22-9-23-13-7-3-11(4-8-13)21-15(18)19;;;;/h1-8H,9H2,(H4,16,17,20)(H4,18,19,21);2*1H4;2*1H. The fraction of sp³-hybridized carbons (Fsp3) is 0.176. The highest BCUT2D eigenvalue weighted by atomic mass is 35.5. The number of hydrogen-bond donors (Lipinski definition) is 4. The first-order valence-electron chi connectivity index (χ1n) is 6.68. The van der Waals surface area contributed by atoms with Gasteiger partial charge >= 0.3 is 0 Å². The van der Waals surface area contributed by atoms with E-state index in [1.807, 2.05) is 0 Å². The van der Waals surface area contributed by atoms with Gasteiger partial charge in [0.15, 0.2) is 11.9 Å². The maximum atomic E-state index is 5.46. The molecule has 0 unspecified atom stereocenters. The van der Waals surface area contributed by atoms with Crippen LogP contribution in [-0.4, -0.2) is 18.7 Å². The van der Waals surface area contributed by atoms with E-state index in [1.165, 1.54) is 0 Å². The Labute approximate surface area is 172 Å². The molecule has 0 saturated heterocycles. The van der Waals surface area contributed by atoms with E-state index in [1.54, 1.807) is 48.5 Å². The Kier molecular flexibility index (Phi) is 15.4. The van der Waals surface area contributed by atoms with Gasteiger partial charge in [0.05, 0.1) is 11.4 Å². The molecule has 0 spiro atoms. The number of rotatable bonds is 6. The zero-order valence-electron chi connectivity index (χ0n) is 13.2. The molecule has 27 heavy (non-hydrogen) atoms. The van der Waals surface area contributed by atoms with Crippen molar-refractivity contribution >= 4 is 48.1 Å². The average Bonchev–Trinajstić information content (AvgIpc) is 2.50. The van der Waals surface area contributed by atoms with Crippen LogP contribution in [0, 0.1) is 0 Å². The van der Waals surface area contributed by atoms with Gasteiger partial charge in [-0.05, 0) is 48.5 Å². The smallest absolute Gasteiger partial charge is 0.230 e. The van der Waals surface area contributed by atoms with Crippen LogP contribution in [0.5, 0.6) is 11.5 Å². The van der Waals surface area contributed by atoms with Gasteiger partial charge in [0.1, 0.15) is 11.5 Å². The lowest BCUT2D eigenvalue weighted by molar-refractivity contribution is 0.120. The summed E-state index contributed by atoms with van der Waals surface area (Å²) >= 11 is 0. The molecule has 8 nitrogen and oxygen atoms in total. The summed E-state index contributed by atoms with van der Waals surface area (Å²) in [6, 6.07) is 13.9. The second-order valence-electron chi connectivity index (χ2n) is 4.47. The topological polar surface area (TPSA) is 147 Å². The minimum absolute atomic E-state index is 0. The molecule has 2 rings (SSSR count). The van der Waals surface area contributed by atoms with Crippen LogP contribution in [0.15, 0.2) is 58.5 Å². The number of nitrogens with two attached hydrogens (primary N) is 4. The van der Waals surface area contributed by atoms with Crippen LogP contribution in [0.25, 0.3) is 0 Å². The minimum atomic E-state index is 0. The molecule has 0 atom stereocenters. The molecular formula is C17H28Cl2N6O2. The summed E-state index contributed by atoms with van der Waals surface area (Å²) in [5.41, 5.74) is 22.5. The van der Waals surface area contributed by atoms with Gasteiger partial charge in [-0.15, -0.1) is 24.8 Å². The third kappa shape index (κ3) is 10.7. The predicted molar refractivity (Wildman–Crippen MR) is 118 cm³/mol. The summed E-state index contributed by atoms with van der Waals surface area (Å²) in [5.74, 6) is 1.28. The van der Waals surface area contributed by atoms with Gasteiger partial charge in [0.2, 0.25) is 6.79 Å². The lowest BCUT2D eigenvalue weighted by Crippen LogP contribution is -2.21. The molecule has 2 aromatic carbocycles. The van der Waals surface area contributed by atoms with E-state index in [0.29, 0.717) is 22.9 Å².